The molecule has 110 valence electrons. The van der Waals surface area contributed by atoms with Crippen molar-refractivity contribution < 1.29 is 14.7 Å². The summed E-state index contributed by atoms with van der Waals surface area (Å²) in [6.07, 6.45) is 1.40. The average molecular weight is 296 g/mol. The number of likely N-dealkylation sites (tertiary alicyclic amines) is 1. The standard InChI is InChI=1S/C14H20N2O3S/c1-9-5-6-12(20-9)10(2)15-14(19)16-7-3-4-11(8-16)13(17)18/h5-6,10-11H,3-4,7-8H2,1-2H3,(H,15,19)(H,17,18)/t10?,11-/m1/s1. The number of carbonyl (C=O) groups excluding carboxylic acids is 1. The van der Waals surface area contributed by atoms with Crippen LogP contribution in [-0.4, -0.2) is 35.1 Å². The number of hydrogen-bond acceptors (Lipinski definition) is 3. The first-order chi connectivity index (χ1) is 9.47. The van der Waals surface area contributed by atoms with Crippen LogP contribution in [0.15, 0.2) is 12.1 Å². The molecular weight excluding hydrogens is 276 g/mol. The van der Waals surface area contributed by atoms with E-state index in [-0.39, 0.29) is 12.1 Å². The van der Waals surface area contributed by atoms with Crippen LogP contribution in [0.3, 0.4) is 0 Å². The lowest BCUT2D eigenvalue weighted by Crippen LogP contribution is -2.47. The van der Waals surface area contributed by atoms with Crippen LogP contribution in [0, 0.1) is 12.8 Å². The molecule has 2 atom stereocenters. The largest absolute Gasteiger partial charge is 0.481 e. The van der Waals surface area contributed by atoms with Crippen LogP contribution in [-0.2, 0) is 4.79 Å². The van der Waals surface area contributed by atoms with Gasteiger partial charge in [-0.05, 0) is 38.8 Å². The molecule has 2 amide bonds. The maximum absolute atomic E-state index is 12.2. The third-order valence-corrected chi connectivity index (χ3v) is 4.77. The molecule has 1 aliphatic heterocycles. The molecule has 2 N–H and O–H groups in total. The highest BCUT2D eigenvalue weighted by atomic mass is 32.1. The molecule has 1 fully saturated rings. The second kappa shape index (κ2) is 6.26. The van der Waals surface area contributed by atoms with Gasteiger partial charge in [-0.2, -0.15) is 0 Å². The van der Waals surface area contributed by atoms with Crippen LogP contribution in [0.2, 0.25) is 0 Å². The van der Waals surface area contributed by atoms with Gasteiger partial charge in [-0.15, -0.1) is 11.3 Å². The number of aryl methyl sites for hydroxylation is 1. The zero-order chi connectivity index (χ0) is 14.7. The second-order valence-electron chi connectivity index (χ2n) is 5.24. The third kappa shape index (κ3) is 3.50. The molecule has 0 radical (unpaired) electrons. The smallest absolute Gasteiger partial charge is 0.317 e. The lowest BCUT2D eigenvalue weighted by Gasteiger charge is -2.31. The Balaban J connectivity index is 1.92. The van der Waals surface area contributed by atoms with Crippen LogP contribution in [0.4, 0.5) is 4.79 Å². The summed E-state index contributed by atoms with van der Waals surface area (Å²) in [7, 11) is 0. The predicted octanol–water partition coefficient (Wildman–Crippen LogP) is 2.62. The lowest BCUT2D eigenvalue weighted by molar-refractivity contribution is -0.143. The summed E-state index contributed by atoms with van der Waals surface area (Å²) in [5.74, 6) is -1.25. The van der Waals surface area contributed by atoms with E-state index >= 15 is 0 Å². The van der Waals surface area contributed by atoms with Crippen molar-refractivity contribution in [3.63, 3.8) is 0 Å². The number of aliphatic carboxylic acids is 1. The summed E-state index contributed by atoms with van der Waals surface area (Å²) < 4.78 is 0. The number of carboxylic acids is 1. The number of urea groups is 1. The normalized spacial score (nSPS) is 20.5. The molecule has 1 aliphatic rings. The molecule has 2 rings (SSSR count). The van der Waals surface area contributed by atoms with Crippen LogP contribution < -0.4 is 5.32 Å². The number of carboxylic acid groups (broad SMARTS) is 1. The molecule has 2 heterocycles. The van der Waals surface area contributed by atoms with Gasteiger partial charge in [0.2, 0.25) is 0 Å². The highest BCUT2D eigenvalue weighted by Gasteiger charge is 2.28. The van der Waals surface area contributed by atoms with Crippen molar-refractivity contribution in [1.82, 2.24) is 10.2 Å². The molecule has 0 aromatic carbocycles. The molecule has 5 nitrogen and oxygen atoms in total. The zero-order valence-electron chi connectivity index (χ0n) is 11.8. The SMILES string of the molecule is Cc1ccc(C(C)NC(=O)N2CCC[C@@H](C(=O)O)C2)s1. The average Bonchev–Trinajstić information content (AvgIpc) is 2.85. The topological polar surface area (TPSA) is 69.6 Å². The van der Waals surface area contributed by atoms with Gasteiger partial charge in [-0.1, -0.05) is 0 Å². The first-order valence-corrected chi connectivity index (χ1v) is 7.63. The second-order valence-corrected chi connectivity index (χ2v) is 6.56. The molecule has 0 saturated carbocycles. The fraction of sp³-hybridized carbons (Fsp3) is 0.571. The molecule has 0 bridgehead atoms. The summed E-state index contributed by atoms with van der Waals surface area (Å²) in [6, 6.07) is 3.83. The number of piperidine rings is 1. The Morgan fingerprint density at radius 1 is 1.50 bits per heavy atom. The minimum Gasteiger partial charge on any atom is -0.481 e. The molecule has 20 heavy (non-hydrogen) atoms. The Labute approximate surface area is 122 Å². The first-order valence-electron chi connectivity index (χ1n) is 6.82. The summed E-state index contributed by atoms with van der Waals surface area (Å²) in [5, 5.41) is 12.0. The number of amides is 2. The monoisotopic (exact) mass is 296 g/mol. The van der Waals surface area contributed by atoms with Gasteiger partial charge in [0.25, 0.3) is 0 Å². The number of thiophene rings is 1. The Morgan fingerprint density at radius 3 is 2.85 bits per heavy atom. The fourth-order valence-corrected chi connectivity index (χ4v) is 3.28. The van der Waals surface area contributed by atoms with Crippen molar-refractivity contribution in [3.05, 3.63) is 21.9 Å². The highest BCUT2D eigenvalue weighted by molar-refractivity contribution is 7.12. The van der Waals surface area contributed by atoms with E-state index in [2.05, 4.69) is 5.32 Å². The molecule has 1 aromatic heterocycles. The molecule has 1 aromatic rings. The lowest BCUT2D eigenvalue weighted by atomic mass is 9.99. The highest BCUT2D eigenvalue weighted by Crippen LogP contribution is 2.23. The zero-order valence-corrected chi connectivity index (χ0v) is 12.6. The minimum absolute atomic E-state index is 0.0496. The van der Waals surface area contributed by atoms with E-state index < -0.39 is 11.9 Å². The van der Waals surface area contributed by atoms with Crippen LogP contribution in [0.1, 0.15) is 35.6 Å². The Kier molecular flexibility index (Phi) is 4.65. The predicted molar refractivity (Wildman–Crippen MR) is 77.9 cm³/mol. The Morgan fingerprint density at radius 2 is 2.25 bits per heavy atom. The quantitative estimate of drug-likeness (QED) is 0.901. The van der Waals surface area contributed by atoms with Gasteiger partial charge in [-0.3, -0.25) is 4.79 Å². The van der Waals surface area contributed by atoms with Crippen LogP contribution in [0.5, 0.6) is 0 Å². The first kappa shape index (κ1) is 14.8. The van der Waals surface area contributed by atoms with Gasteiger partial charge < -0.3 is 15.3 Å². The molecule has 0 aliphatic carbocycles. The maximum atomic E-state index is 12.2. The van der Waals surface area contributed by atoms with Crippen molar-refractivity contribution in [2.45, 2.75) is 32.7 Å². The van der Waals surface area contributed by atoms with Gasteiger partial charge in [0.05, 0.1) is 12.0 Å². The van der Waals surface area contributed by atoms with Gasteiger partial charge in [0.1, 0.15) is 0 Å². The van der Waals surface area contributed by atoms with Crippen molar-refractivity contribution in [1.29, 1.82) is 0 Å². The summed E-state index contributed by atoms with van der Waals surface area (Å²) in [5.41, 5.74) is 0. The number of rotatable bonds is 3. The van der Waals surface area contributed by atoms with Gasteiger partial charge in [-0.25, -0.2) is 4.79 Å². The van der Waals surface area contributed by atoms with E-state index in [9.17, 15) is 9.59 Å². The van der Waals surface area contributed by atoms with E-state index in [1.54, 1.807) is 16.2 Å². The van der Waals surface area contributed by atoms with Crippen molar-refractivity contribution in [2.24, 2.45) is 5.92 Å². The number of nitrogens with zero attached hydrogens (tertiary/aromatic N) is 1. The van der Waals surface area contributed by atoms with E-state index in [0.717, 1.165) is 11.3 Å². The Bertz CT molecular complexity index is 500. The summed E-state index contributed by atoms with van der Waals surface area (Å²) in [4.78, 5) is 27.1. The van der Waals surface area contributed by atoms with Crippen molar-refractivity contribution >= 4 is 23.3 Å². The maximum Gasteiger partial charge on any atom is 0.317 e. The molecule has 1 unspecified atom stereocenters. The van der Waals surface area contributed by atoms with Crippen LogP contribution in [0.25, 0.3) is 0 Å². The molecule has 1 saturated heterocycles. The molecule has 0 spiro atoms. The van der Waals surface area contributed by atoms with Gasteiger partial charge in [0, 0.05) is 22.8 Å². The number of nitrogens with one attached hydrogen (secondary N) is 1. The molecule has 6 heteroatoms. The van der Waals surface area contributed by atoms with E-state index in [0.29, 0.717) is 19.5 Å². The van der Waals surface area contributed by atoms with E-state index in [4.69, 9.17) is 5.11 Å². The van der Waals surface area contributed by atoms with Crippen molar-refractivity contribution in [2.75, 3.05) is 13.1 Å². The van der Waals surface area contributed by atoms with E-state index in [1.165, 1.54) is 4.88 Å². The van der Waals surface area contributed by atoms with E-state index in [1.807, 2.05) is 26.0 Å². The third-order valence-electron chi connectivity index (χ3n) is 3.59. The number of hydrogen-bond donors (Lipinski definition) is 2. The van der Waals surface area contributed by atoms with Crippen molar-refractivity contribution in [3.8, 4) is 0 Å². The summed E-state index contributed by atoms with van der Waals surface area (Å²) >= 11 is 1.66. The van der Waals surface area contributed by atoms with Gasteiger partial charge >= 0.3 is 12.0 Å². The number of carbonyl (C=O) groups is 2. The van der Waals surface area contributed by atoms with Gasteiger partial charge in [0.15, 0.2) is 0 Å². The Hall–Kier alpha value is -1.56. The summed E-state index contributed by atoms with van der Waals surface area (Å²) in [6.45, 7) is 4.91. The molecular formula is C14H20N2O3S. The fourth-order valence-electron chi connectivity index (χ4n) is 2.40. The van der Waals surface area contributed by atoms with Crippen LogP contribution >= 0.6 is 11.3 Å². The minimum atomic E-state index is -0.815.